The second kappa shape index (κ2) is 7.98. The quantitative estimate of drug-likeness (QED) is 0.712. The maximum atomic E-state index is 14.2. The number of nitrogens with zero attached hydrogens (tertiary/aromatic N) is 1. The highest BCUT2D eigenvalue weighted by Gasteiger charge is 2.27. The number of sulfonamides is 1. The van der Waals surface area contributed by atoms with Gasteiger partial charge in [0.1, 0.15) is 10.7 Å². The SMILES string of the molecule is CCOC(=O)c1cc(S(=O)(=O)Nc2csnc2C(=O)OC)c(F)cc1Cl. The molecule has 0 saturated heterocycles. The van der Waals surface area contributed by atoms with Crippen LogP contribution in [0.1, 0.15) is 27.8 Å². The number of anilines is 1. The number of carbonyl (C=O) groups is 2. The Labute approximate surface area is 157 Å². The first-order valence-corrected chi connectivity index (χ1v) is 9.62. The minimum absolute atomic E-state index is 0.0237. The van der Waals surface area contributed by atoms with Crippen molar-refractivity contribution in [3.05, 3.63) is 39.6 Å². The van der Waals surface area contributed by atoms with Gasteiger partial charge in [0.05, 0.1) is 30.0 Å². The Balaban J connectivity index is 2.47. The molecule has 1 aromatic carbocycles. The lowest BCUT2D eigenvalue weighted by atomic mass is 10.2. The number of carbonyl (C=O) groups excluding carboxylic acids is 2. The summed E-state index contributed by atoms with van der Waals surface area (Å²) < 4.78 is 54.2. The molecule has 0 aliphatic rings. The largest absolute Gasteiger partial charge is 0.464 e. The van der Waals surface area contributed by atoms with Crippen molar-refractivity contribution >= 4 is 50.8 Å². The van der Waals surface area contributed by atoms with Crippen molar-refractivity contribution in [3.63, 3.8) is 0 Å². The molecular weight excluding hydrogens is 411 g/mol. The predicted octanol–water partition coefficient (Wildman–Crippen LogP) is 2.70. The lowest BCUT2D eigenvalue weighted by Crippen LogP contribution is -2.18. The highest BCUT2D eigenvalue weighted by atomic mass is 35.5. The normalized spacial score (nSPS) is 11.1. The molecule has 1 heterocycles. The zero-order valence-electron chi connectivity index (χ0n) is 13.4. The van der Waals surface area contributed by atoms with Gasteiger partial charge in [-0.15, -0.1) is 0 Å². The molecule has 1 N–H and O–H groups in total. The number of hydrogen-bond donors (Lipinski definition) is 1. The number of rotatable bonds is 6. The van der Waals surface area contributed by atoms with Crippen molar-refractivity contribution in [3.8, 4) is 0 Å². The first-order chi connectivity index (χ1) is 12.2. The van der Waals surface area contributed by atoms with E-state index in [-0.39, 0.29) is 28.6 Å². The molecule has 2 rings (SSSR count). The van der Waals surface area contributed by atoms with Gasteiger partial charge >= 0.3 is 11.9 Å². The first kappa shape index (κ1) is 20.1. The Morgan fingerprint density at radius 1 is 1.35 bits per heavy atom. The Kier molecular flexibility index (Phi) is 6.16. The minimum Gasteiger partial charge on any atom is -0.464 e. The maximum Gasteiger partial charge on any atom is 0.359 e. The number of hydrogen-bond acceptors (Lipinski definition) is 8. The summed E-state index contributed by atoms with van der Waals surface area (Å²) in [6.07, 6.45) is 0. The van der Waals surface area contributed by atoms with Crippen molar-refractivity contribution in [2.45, 2.75) is 11.8 Å². The van der Waals surface area contributed by atoms with Gasteiger partial charge in [0.25, 0.3) is 10.0 Å². The Morgan fingerprint density at radius 3 is 2.65 bits per heavy atom. The third-order valence-electron chi connectivity index (χ3n) is 3.00. The molecule has 0 radical (unpaired) electrons. The molecule has 0 aliphatic carbocycles. The molecular formula is C14H12ClFN2O6S2. The van der Waals surface area contributed by atoms with E-state index in [4.69, 9.17) is 16.3 Å². The minimum atomic E-state index is -4.50. The summed E-state index contributed by atoms with van der Waals surface area (Å²) in [4.78, 5) is 22.6. The number of aromatic nitrogens is 1. The molecule has 0 amide bonds. The van der Waals surface area contributed by atoms with E-state index in [2.05, 4.69) is 9.11 Å². The van der Waals surface area contributed by atoms with Gasteiger partial charge in [0.15, 0.2) is 5.69 Å². The van der Waals surface area contributed by atoms with Crippen LogP contribution in [-0.4, -0.2) is 38.4 Å². The van der Waals surface area contributed by atoms with Crippen molar-refractivity contribution in [2.24, 2.45) is 0 Å². The van der Waals surface area contributed by atoms with Crippen molar-refractivity contribution < 1.29 is 31.9 Å². The van der Waals surface area contributed by atoms with Gasteiger partial charge in [-0.05, 0) is 30.6 Å². The fraction of sp³-hybridized carbons (Fsp3) is 0.214. The van der Waals surface area contributed by atoms with Crippen LogP contribution in [0.4, 0.5) is 10.1 Å². The lowest BCUT2D eigenvalue weighted by Gasteiger charge is -2.11. The molecule has 140 valence electrons. The number of esters is 2. The molecule has 0 aliphatic heterocycles. The second-order valence-electron chi connectivity index (χ2n) is 4.66. The summed E-state index contributed by atoms with van der Waals surface area (Å²) in [6, 6.07) is 1.45. The summed E-state index contributed by atoms with van der Waals surface area (Å²) in [6.45, 7) is 1.57. The summed E-state index contributed by atoms with van der Waals surface area (Å²) in [7, 11) is -3.40. The summed E-state index contributed by atoms with van der Waals surface area (Å²) in [5.74, 6) is -2.95. The zero-order valence-corrected chi connectivity index (χ0v) is 15.8. The van der Waals surface area contributed by atoms with Crippen LogP contribution in [0, 0.1) is 5.82 Å². The van der Waals surface area contributed by atoms with Crippen molar-refractivity contribution in [2.75, 3.05) is 18.4 Å². The van der Waals surface area contributed by atoms with Gasteiger partial charge in [-0.1, -0.05) is 11.6 Å². The molecule has 0 atom stereocenters. The second-order valence-corrected chi connectivity index (χ2v) is 7.34. The summed E-state index contributed by atoms with van der Waals surface area (Å²) in [5.41, 5.74) is -0.776. The van der Waals surface area contributed by atoms with Crippen LogP contribution in [0.25, 0.3) is 0 Å². The number of benzene rings is 1. The average molecular weight is 423 g/mol. The third kappa shape index (κ3) is 4.11. The molecule has 8 nitrogen and oxygen atoms in total. The Bertz CT molecular complexity index is 960. The van der Waals surface area contributed by atoms with Crippen LogP contribution in [0.5, 0.6) is 0 Å². The predicted molar refractivity (Wildman–Crippen MR) is 91.6 cm³/mol. The van der Waals surface area contributed by atoms with E-state index in [0.717, 1.165) is 24.7 Å². The van der Waals surface area contributed by atoms with E-state index in [0.29, 0.717) is 6.07 Å². The molecule has 1 aromatic heterocycles. The molecule has 0 fully saturated rings. The van der Waals surface area contributed by atoms with Crippen molar-refractivity contribution in [1.29, 1.82) is 0 Å². The fourth-order valence-electron chi connectivity index (χ4n) is 1.85. The Hall–Kier alpha value is -2.24. The number of halogens is 2. The zero-order chi connectivity index (χ0) is 19.5. The molecule has 0 bridgehead atoms. The average Bonchev–Trinajstić information content (AvgIpc) is 3.01. The van der Waals surface area contributed by atoms with Gasteiger partial charge in [-0.3, -0.25) is 4.72 Å². The molecule has 2 aromatic rings. The molecule has 26 heavy (non-hydrogen) atoms. The van der Waals surface area contributed by atoms with Gasteiger partial charge in [0, 0.05) is 5.38 Å². The number of nitrogens with one attached hydrogen (secondary N) is 1. The summed E-state index contributed by atoms with van der Waals surface area (Å²) in [5, 5.41) is 0.941. The van der Waals surface area contributed by atoms with Crippen molar-refractivity contribution in [1.82, 2.24) is 4.37 Å². The van der Waals surface area contributed by atoms with Crippen LogP contribution in [0.15, 0.2) is 22.4 Å². The Morgan fingerprint density at radius 2 is 2.04 bits per heavy atom. The van der Waals surface area contributed by atoms with Gasteiger partial charge in [0.2, 0.25) is 0 Å². The standard InChI is InChI=1S/C14H12ClFN2O6S2/c1-3-24-13(19)7-4-11(9(16)5-8(7)15)26(21,22)18-10-6-25-17-12(10)14(20)23-2/h4-6,18H,3H2,1-2H3. The van der Waals surface area contributed by atoms with Crippen LogP contribution in [0.3, 0.4) is 0 Å². The smallest absolute Gasteiger partial charge is 0.359 e. The molecule has 12 heteroatoms. The lowest BCUT2D eigenvalue weighted by molar-refractivity contribution is 0.0525. The molecule has 0 saturated carbocycles. The van der Waals surface area contributed by atoms with E-state index in [9.17, 15) is 22.4 Å². The molecule has 0 spiro atoms. The third-order valence-corrected chi connectivity index (χ3v) is 5.32. The first-order valence-electron chi connectivity index (χ1n) is 6.93. The number of ether oxygens (including phenoxy) is 2. The maximum absolute atomic E-state index is 14.2. The van der Waals surface area contributed by atoms with Gasteiger partial charge in [-0.25, -0.2) is 22.4 Å². The van der Waals surface area contributed by atoms with Crippen LogP contribution in [0.2, 0.25) is 5.02 Å². The van der Waals surface area contributed by atoms with E-state index in [1.807, 2.05) is 4.72 Å². The van der Waals surface area contributed by atoms with E-state index < -0.39 is 32.7 Å². The molecule has 0 unspecified atom stereocenters. The van der Waals surface area contributed by atoms with Crippen LogP contribution >= 0.6 is 23.1 Å². The number of methoxy groups -OCH3 is 1. The van der Waals surface area contributed by atoms with E-state index >= 15 is 0 Å². The van der Waals surface area contributed by atoms with Gasteiger partial charge < -0.3 is 9.47 Å². The summed E-state index contributed by atoms with van der Waals surface area (Å²) >= 11 is 6.59. The fourth-order valence-corrected chi connectivity index (χ4v) is 3.91. The topological polar surface area (TPSA) is 112 Å². The highest BCUT2D eigenvalue weighted by Crippen LogP contribution is 2.28. The monoisotopic (exact) mass is 422 g/mol. The van der Waals surface area contributed by atoms with Gasteiger partial charge in [-0.2, -0.15) is 4.37 Å². The van der Waals surface area contributed by atoms with Crippen LogP contribution in [-0.2, 0) is 19.5 Å². The van der Waals surface area contributed by atoms with Crippen LogP contribution < -0.4 is 4.72 Å². The van der Waals surface area contributed by atoms with E-state index in [1.165, 1.54) is 5.38 Å². The van der Waals surface area contributed by atoms with E-state index in [1.54, 1.807) is 6.92 Å². The highest BCUT2D eigenvalue weighted by molar-refractivity contribution is 7.92.